The molecular formula is C8H15NO2. The van der Waals surface area contributed by atoms with Crippen LogP contribution < -0.4 is 0 Å². The maximum absolute atomic E-state index is 8.60. The highest BCUT2D eigenvalue weighted by Crippen LogP contribution is 1.99. The number of aliphatic hydroxyl groups excluding tert-OH is 1. The summed E-state index contributed by atoms with van der Waals surface area (Å²) in [6.07, 6.45) is 1.63. The van der Waals surface area contributed by atoms with Crippen LogP contribution >= 0.6 is 0 Å². The monoisotopic (exact) mass is 157 g/mol. The molecule has 0 aromatic heterocycles. The van der Waals surface area contributed by atoms with E-state index in [1.165, 1.54) is 0 Å². The molecule has 3 nitrogen and oxygen atoms in total. The van der Waals surface area contributed by atoms with Crippen LogP contribution in [0.25, 0.3) is 0 Å². The molecule has 11 heavy (non-hydrogen) atoms. The third kappa shape index (κ3) is 5.84. The maximum Gasteiger partial charge on any atom is 0.0716 e. The van der Waals surface area contributed by atoms with Crippen LogP contribution in [0.15, 0.2) is 0 Å². The largest absolute Gasteiger partial charge is 0.395 e. The van der Waals surface area contributed by atoms with Crippen molar-refractivity contribution < 1.29 is 9.84 Å². The normalized spacial score (nSPS) is 12.5. The van der Waals surface area contributed by atoms with Gasteiger partial charge in [0.2, 0.25) is 0 Å². The Morgan fingerprint density at radius 1 is 1.55 bits per heavy atom. The molecule has 0 aromatic rings. The van der Waals surface area contributed by atoms with E-state index in [9.17, 15) is 0 Å². The number of nitrogens with zero attached hydrogens (tertiary/aromatic N) is 1. The van der Waals surface area contributed by atoms with Crippen molar-refractivity contribution in [2.75, 3.05) is 19.8 Å². The number of aliphatic hydroxyl groups is 1. The average Bonchev–Trinajstić information content (AvgIpc) is 2.05. The molecule has 1 unspecified atom stereocenters. The maximum atomic E-state index is 8.60. The highest BCUT2D eigenvalue weighted by Gasteiger charge is 2.03. The number of hydrogen-bond acceptors (Lipinski definition) is 3. The molecule has 0 aliphatic rings. The van der Waals surface area contributed by atoms with Crippen LogP contribution in [0.1, 0.15) is 19.8 Å². The molecule has 0 saturated heterocycles. The van der Waals surface area contributed by atoms with E-state index in [0.717, 1.165) is 13.0 Å². The Kier molecular flexibility index (Phi) is 7.11. The molecule has 0 radical (unpaired) electrons. The first-order valence-corrected chi connectivity index (χ1v) is 3.93. The van der Waals surface area contributed by atoms with E-state index in [1.807, 2.05) is 13.0 Å². The summed E-state index contributed by atoms with van der Waals surface area (Å²) in [6, 6.07) is 2.00. The van der Waals surface area contributed by atoms with Crippen LogP contribution in [-0.2, 0) is 4.74 Å². The van der Waals surface area contributed by atoms with Crippen molar-refractivity contribution in [1.29, 1.82) is 5.26 Å². The first-order chi connectivity index (χ1) is 5.35. The first-order valence-electron chi connectivity index (χ1n) is 3.93. The molecule has 1 atom stereocenters. The molecule has 0 aliphatic carbocycles. The molecule has 1 N–H and O–H groups in total. The Bertz CT molecular complexity index is 120. The zero-order chi connectivity index (χ0) is 8.53. The van der Waals surface area contributed by atoms with E-state index >= 15 is 0 Å². The van der Waals surface area contributed by atoms with Crippen molar-refractivity contribution >= 4 is 0 Å². The first kappa shape index (κ1) is 10.4. The van der Waals surface area contributed by atoms with Gasteiger partial charge in [0.25, 0.3) is 0 Å². The lowest BCUT2D eigenvalue weighted by Gasteiger charge is -2.04. The van der Waals surface area contributed by atoms with Crippen molar-refractivity contribution in [2.24, 2.45) is 5.92 Å². The zero-order valence-electron chi connectivity index (χ0n) is 6.92. The summed E-state index contributed by atoms with van der Waals surface area (Å²) in [5, 5.41) is 17.0. The third-order valence-electron chi connectivity index (χ3n) is 1.36. The summed E-state index contributed by atoms with van der Waals surface area (Å²) in [5.74, 6) is -0.258. The Morgan fingerprint density at radius 3 is 2.73 bits per heavy atom. The summed E-state index contributed by atoms with van der Waals surface area (Å²) in [4.78, 5) is 0. The van der Waals surface area contributed by atoms with Gasteiger partial charge in [0.05, 0.1) is 18.6 Å². The van der Waals surface area contributed by atoms with Crippen molar-refractivity contribution in [3.63, 3.8) is 0 Å². The van der Waals surface area contributed by atoms with Gasteiger partial charge >= 0.3 is 0 Å². The van der Waals surface area contributed by atoms with Gasteiger partial charge in [0.15, 0.2) is 0 Å². The van der Waals surface area contributed by atoms with Crippen LogP contribution in [0, 0.1) is 17.2 Å². The van der Waals surface area contributed by atoms with Crippen LogP contribution in [0.2, 0.25) is 0 Å². The van der Waals surface area contributed by atoms with Gasteiger partial charge in [0.1, 0.15) is 0 Å². The van der Waals surface area contributed by atoms with Crippen molar-refractivity contribution in [3.05, 3.63) is 0 Å². The minimum Gasteiger partial charge on any atom is -0.395 e. The second-order valence-corrected chi connectivity index (χ2v) is 2.41. The lowest BCUT2D eigenvalue weighted by molar-refractivity contribution is 0.116. The van der Waals surface area contributed by atoms with Gasteiger partial charge in [-0.25, -0.2) is 0 Å². The highest BCUT2D eigenvalue weighted by atomic mass is 16.5. The fourth-order valence-corrected chi connectivity index (χ4v) is 0.669. The van der Waals surface area contributed by atoms with Gasteiger partial charge in [-0.05, 0) is 12.8 Å². The lowest BCUT2D eigenvalue weighted by Crippen LogP contribution is -2.07. The molecule has 0 heterocycles. The van der Waals surface area contributed by atoms with Gasteiger partial charge in [-0.3, -0.25) is 0 Å². The van der Waals surface area contributed by atoms with Gasteiger partial charge in [0, 0.05) is 13.2 Å². The van der Waals surface area contributed by atoms with E-state index in [-0.39, 0.29) is 12.5 Å². The Labute approximate surface area is 67.6 Å². The minimum atomic E-state index is -0.258. The van der Waals surface area contributed by atoms with E-state index in [0.29, 0.717) is 13.0 Å². The predicted octanol–water partition coefficient (Wildman–Crippen LogP) is 0.935. The Hall–Kier alpha value is -0.590. The fraction of sp³-hybridized carbons (Fsp3) is 0.875. The number of rotatable bonds is 6. The van der Waals surface area contributed by atoms with E-state index in [4.69, 9.17) is 15.1 Å². The molecule has 3 heteroatoms. The smallest absolute Gasteiger partial charge is 0.0716 e. The molecule has 0 aliphatic heterocycles. The summed E-state index contributed by atoms with van der Waals surface area (Å²) in [7, 11) is 0. The molecule has 0 bridgehead atoms. The van der Waals surface area contributed by atoms with E-state index in [1.54, 1.807) is 0 Å². The quantitative estimate of drug-likeness (QED) is 0.584. The molecule has 0 amide bonds. The van der Waals surface area contributed by atoms with Gasteiger partial charge in [-0.1, -0.05) is 6.92 Å². The molecule has 0 rings (SSSR count). The van der Waals surface area contributed by atoms with Crippen LogP contribution in [-0.4, -0.2) is 24.9 Å². The number of nitriles is 1. The summed E-state index contributed by atoms with van der Waals surface area (Å²) >= 11 is 0. The van der Waals surface area contributed by atoms with Crippen molar-refractivity contribution in [3.8, 4) is 6.07 Å². The van der Waals surface area contributed by atoms with E-state index in [2.05, 4.69) is 0 Å². The summed E-state index contributed by atoms with van der Waals surface area (Å²) in [5.41, 5.74) is 0. The number of hydrogen-bond donors (Lipinski definition) is 1. The van der Waals surface area contributed by atoms with Gasteiger partial charge in [-0.2, -0.15) is 5.26 Å². The fourth-order valence-electron chi connectivity index (χ4n) is 0.669. The third-order valence-corrected chi connectivity index (χ3v) is 1.36. The molecule has 0 saturated carbocycles. The molecule has 64 valence electrons. The minimum absolute atomic E-state index is 0.0635. The highest BCUT2D eigenvalue weighted by molar-refractivity contribution is 4.81. The summed E-state index contributed by atoms with van der Waals surface area (Å²) < 4.78 is 5.15. The number of ether oxygens (including phenoxy) is 1. The van der Waals surface area contributed by atoms with Crippen molar-refractivity contribution in [2.45, 2.75) is 19.8 Å². The average molecular weight is 157 g/mol. The molecule has 0 spiro atoms. The second-order valence-electron chi connectivity index (χ2n) is 2.41. The molecule has 0 fully saturated rings. The van der Waals surface area contributed by atoms with Gasteiger partial charge in [-0.15, -0.1) is 0 Å². The van der Waals surface area contributed by atoms with Crippen molar-refractivity contribution in [1.82, 2.24) is 0 Å². The summed E-state index contributed by atoms with van der Waals surface area (Å²) in [6.45, 7) is 3.29. The lowest BCUT2D eigenvalue weighted by atomic mass is 10.1. The SMILES string of the molecule is CCCOCCC(C#N)CO. The van der Waals surface area contributed by atoms with Gasteiger partial charge < -0.3 is 9.84 Å². The van der Waals surface area contributed by atoms with Crippen LogP contribution in [0.5, 0.6) is 0 Å². The van der Waals surface area contributed by atoms with Crippen LogP contribution in [0.3, 0.4) is 0 Å². The standard InChI is InChI=1S/C8H15NO2/c1-2-4-11-5-3-8(6-9)7-10/h8,10H,2-5,7H2,1H3. The van der Waals surface area contributed by atoms with Crippen LogP contribution in [0.4, 0.5) is 0 Å². The Balaban J connectivity index is 3.16. The van der Waals surface area contributed by atoms with E-state index < -0.39 is 0 Å². The Morgan fingerprint density at radius 2 is 2.27 bits per heavy atom. The molecule has 0 aromatic carbocycles. The molecular weight excluding hydrogens is 142 g/mol. The zero-order valence-corrected chi connectivity index (χ0v) is 6.92. The topological polar surface area (TPSA) is 53.2 Å². The predicted molar refractivity (Wildman–Crippen MR) is 41.9 cm³/mol. The second kappa shape index (κ2) is 7.52.